The Labute approximate surface area is 123 Å². The number of thiophene rings is 1. The highest BCUT2D eigenvalue weighted by molar-refractivity contribution is 9.11. The highest BCUT2D eigenvalue weighted by Crippen LogP contribution is 2.38. The second kappa shape index (κ2) is 6.06. The first-order valence-electron chi connectivity index (χ1n) is 6.94. The topological polar surface area (TPSA) is 12.0 Å². The van der Waals surface area contributed by atoms with Crippen molar-refractivity contribution in [2.24, 2.45) is 11.3 Å². The summed E-state index contributed by atoms with van der Waals surface area (Å²) in [6.45, 7) is 8.19. The molecular weight excluding hydrogens is 306 g/mol. The van der Waals surface area contributed by atoms with Gasteiger partial charge in [-0.15, -0.1) is 11.3 Å². The molecule has 0 bridgehead atoms. The van der Waals surface area contributed by atoms with Gasteiger partial charge in [0.15, 0.2) is 0 Å². The summed E-state index contributed by atoms with van der Waals surface area (Å²) in [5.74, 6) is 0.814. The minimum Gasteiger partial charge on any atom is -0.309 e. The summed E-state index contributed by atoms with van der Waals surface area (Å²) in [5, 5.41) is 3.80. The summed E-state index contributed by atoms with van der Waals surface area (Å²) in [6, 6.07) is 5.06. The second-order valence-electron chi connectivity index (χ2n) is 6.45. The van der Waals surface area contributed by atoms with Crippen molar-refractivity contribution in [2.45, 2.75) is 59.0 Å². The zero-order valence-electron chi connectivity index (χ0n) is 11.6. The fraction of sp³-hybridized carbons (Fsp3) is 0.733. The van der Waals surface area contributed by atoms with Crippen LogP contribution in [0.5, 0.6) is 0 Å². The van der Waals surface area contributed by atoms with Crippen molar-refractivity contribution < 1.29 is 0 Å². The van der Waals surface area contributed by atoms with Crippen LogP contribution in [-0.4, -0.2) is 6.04 Å². The van der Waals surface area contributed by atoms with E-state index in [0.717, 1.165) is 12.5 Å². The SMILES string of the molecule is CC(C)(C)C1CCCCC1NCc1ccc(Br)s1. The van der Waals surface area contributed by atoms with Crippen molar-refractivity contribution in [3.63, 3.8) is 0 Å². The van der Waals surface area contributed by atoms with Gasteiger partial charge < -0.3 is 5.32 Å². The van der Waals surface area contributed by atoms with E-state index in [1.54, 1.807) is 0 Å². The first kappa shape index (κ1) is 14.5. The van der Waals surface area contributed by atoms with E-state index in [4.69, 9.17) is 0 Å². The maximum atomic E-state index is 3.80. The lowest BCUT2D eigenvalue weighted by Crippen LogP contribution is -2.43. The van der Waals surface area contributed by atoms with E-state index >= 15 is 0 Å². The Balaban J connectivity index is 1.93. The van der Waals surface area contributed by atoms with Crippen molar-refractivity contribution in [3.05, 3.63) is 20.8 Å². The van der Waals surface area contributed by atoms with E-state index in [1.807, 2.05) is 11.3 Å². The Morgan fingerprint density at radius 3 is 2.61 bits per heavy atom. The lowest BCUT2D eigenvalue weighted by atomic mass is 9.69. The molecule has 1 fully saturated rings. The van der Waals surface area contributed by atoms with Crippen LogP contribution in [0.25, 0.3) is 0 Å². The highest BCUT2D eigenvalue weighted by Gasteiger charge is 2.33. The van der Waals surface area contributed by atoms with Crippen molar-refractivity contribution >= 4 is 27.3 Å². The lowest BCUT2D eigenvalue weighted by molar-refractivity contribution is 0.130. The van der Waals surface area contributed by atoms with Gasteiger partial charge in [-0.2, -0.15) is 0 Å². The number of hydrogen-bond acceptors (Lipinski definition) is 2. The summed E-state index contributed by atoms with van der Waals surface area (Å²) < 4.78 is 1.23. The molecule has 2 rings (SSSR count). The summed E-state index contributed by atoms with van der Waals surface area (Å²) in [7, 11) is 0. The summed E-state index contributed by atoms with van der Waals surface area (Å²) in [6.07, 6.45) is 5.52. The largest absolute Gasteiger partial charge is 0.309 e. The van der Waals surface area contributed by atoms with Crippen LogP contribution < -0.4 is 5.32 Å². The minimum atomic E-state index is 0.425. The third-order valence-corrected chi connectivity index (χ3v) is 5.67. The Bertz CT molecular complexity index is 380. The quantitative estimate of drug-likeness (QED) is 0.803. The van der Waals surface area contributed by atoms with Crippen molar-refractivity contribution in [1.82, 2.24) is 5.32 Å². The van der Waals surface area contributed by atoms with Gasteiger partial charge in [0, 0.05) is 17.5 Å². The minimum absolute atomic E-state index is 0.425. The Morgan fingerprint density at radius 2 is 2.00 bits per heavy atom. The zero-order valence-corrected chi connectivity index (χ0v) is 14.0. The van der Waals surface area contributed by atoms with Crippen LogP contribution in [0.1, 0.15) is 51.3 Å². The molecule has 0 aliphatic heterocycles. The molecule has 2 atom stereocenters. The van der Waals surface area contributed by atoms with Gasteiger partial charge in [-0.25, -0.2) is 0 Å². The first-order chi connectivity index (χ1) is 8.47. The molecule has 1 aromatic heterocycles. The number of rotatable bonds is 3. The third kappa shape index (κ3) is 3.82. The maximum Gasteiger partial charge on any atom is 0.0701 e. The van der Waals surface area contributed by atoms with Crippen LogP contribution >= 0.6 is 27.3 Å². The van der Waals surface area contributed by atoms with Crippen molar-refractivity contribution in [2.75, 3.05) is 0 Å². The Kier molecular flexibility index (Phi) is 4.90. The molecule has 1 nitrogen and oxygen atoms in total. The molecule has 1 heterocycles. The van der Waals surface area contributed by atoms with E-state index in [1.165, 1.54) is 34.3 Å². The average Bonchev–Trinajstić information content (AvgIpc) is 2.72. The summed E-state index contributed by atoms with van der Waals surface area (Å²) in [4.78, 5) is 1.43. The standard InChI is InChI=1S/C15H24BrNS/c1-15(2,3)12-6-4-5-7-13(12)17-10-11-8-9-14(16)18-11/h8-9,12-13,17H,4-7,10H2,1-3H3. The summed E-state index contributed by atoms with van der Waals surface area (Å²) >= 11 is 5.37. The van der Waals surface area contributed by atoms with E-state index in [-0.39, 0.29) is 0 Å². The molecule has 3 heteroatoms. The Hall–Kier alpha value is 0.140. The zero-order chi connectivity index (χ0) is 13.2. The molecule has 1 saturated carbocycles. The molecule has 0 radical (unpaired) electrons. The van der Waals surface area contributed by atoms with Crippen LogP contribution in [0, 0.1) is 11.3 Å². The molecule has 1 aromatic rings. The van der Waals surface area contributed by atoms with Gasteiger partial charge in [0.2, 0.25) is 0 Å². The lowest BCUT2D eigenvalue weighted by Gasteiger charge is -2.41. The average molecular weight is 330 g/mol. The fourth-order valence-electron chi connectivity index (χ4n) is 3.09. The van der Waals surface area contributed by atoms with Gasteiger partial charge >= 0.3 is 0 Å². The van der Waals surface area contributed by atoms with E-state index in [2.05, 4.69) is 54.2 Å². The molecule has 18 heavy (non-hydrogen) atoms. The predicted molar refractivity (Wildman–Crippen MR) is 84.1 cm³/mol. The van der Waals surface area contributed by atoms with Crippen LogP contribution in [0.3, 0.4) is 0 Å². The third-order valence-electron chi connectivity index (χ3n) is 4.05. The number of halogens is 1. The van der Waals surface area contributed by atoms with Crippen molar-refractivity contribution in [1.29, 1.82) is 0 Å². The van der Waals surface area contributed by atoms with Crippen LogP contribution in [0.2, 0.25) is 0 Å². The predicted octanol–water partition coefficient (Wildman–Crippen LogP) is 5.21. The molecule has 1 N–H and O–H groups in total. The summed E-state index contributed by atoms with van der Waals surface area (Å²) in [5.41, 5.74) is 0.425. The van der Waals surface area contributed by atoms with Crippen LogP contribution in [-0.2, 0) is 6.54 Å². The molecule has 1 aliphatic carbocycles. The fourth-order valence-corrected chi connectivity index (χ4v) is 4.52. The maximum absolute atomic E-state index is 3.80. The van der Waals surface area contributed by atoms with Gasteiger partial charge in [-0.05, 0) is 52.2 Å². The highest BCUT2D eigenvalue weighted by atomic mass is 79.9. The monoisotopic (exact) mass is 329 g/mol. The number of hydrogen-bond donors (Lipinski definition) is 1. The van der Waals surface area contributed by atoms with Crippen LogP contribution in [0.4, 0.5) is 0 Å². The molecule has 0 aromatic carbocycles. The normalized spacial score (nSPS) is 25.3. The number of nitrogens with one attached hydrogen (secondary N) is 1. The van der Waals surface area contributed by atoms with Gasteiger partial charge in [0.25, 0.3) is 0 Å². The smallest absolute Gasteiger partial charge is 0.0701 e. The van der Waals surface area contributed by atoms with Gasteiger partial charge in [0.1, 0.15) is 0 Å². The van der Waals surface area contributed by atoms with E-state index < -0.39 is 0 Å². The molecule has 0 saturated heterocycles. The van der Waals surface area contributed by atoms with Crippen LogP contribution in [0.15, 0.2) is 15.9 Å². The van der Waals surface area contributed by atoms with Gasteiger partial charge in [-0.1, -0.05) is 33.6 Å². The molecule has 2 unspecified atom stereocenters. The van der Waals surface area contributed by atoms with E-state index in [0.29, 0.717) is 11.5 Å². The van der Waals surface area contributed by atoms with Crippen molar-refractivity contribution in [3.8, 4) is 0 Å². The Morgan fingerprint density at radius 1 is 1.28 bits per heavy atom. The van der Waals surface area contributed by atoms with E-state index in [9.17, 15) is 0 Å². The molecule has 1 aliphatic rings. The first-order valence-corrected chi connectivity index (χ1v) is 8.55. The molecule has 102 valence electrons. The molecule has 0 amide bonds. The molecule has 0 spiro atoms. The van der Waals surface area contributed by atoms with Gasteiger partial charge in [0.05, 0.1) is 3.79 Å². The second-order valence-corrected chi connectivity index (χ2v) is 9.00. The molecular formula is C15H24BrNS. The van der Waals surface area contributed by atoms with Gasteiger partial charge in [-0.3, -0.25) is 0 Å².